The van der Waals surface area contributed by atoms with E-state index in [1.54, 1.807) is 0 Å². The molecule has 1 unspecified atom stereocenters. The molecule has 1 saturated heterocycles. The van der Waals surface area contributed by atoms with E-state index in [1.807, 2.05) is 23.1 Å². The Labute approximate surface area is 116 Å². The molecule has 1 aromatic carbocycles. The Morgan fingerprint density at radius 1 is 1.26 bits per heavy atom. The molecule has 0 radical (unpaired) electrons. The van der Waals surface area contributed by atoms with Gasteiger partial charge in [0.25, 0.3) is 0 Å². The summed E-state index contributed by atoms with van der Waals surface area (Å²) >= 11 is 0. The molecule has 0 aliphatic carbocycles. The Hall–Kier alpha value is -1.51. The highest BCUT2D eigenvalue weighted by Gasteiger charge is 2.23. The van der Waals surface area contributed by atoms with E-state index >= 15 is 0 Å². The third kappa shape index (κ3) is 3.49. The van der Waals surface area contributed by atoms with Gasteiger partial charge in [-0.05, 0) is 37.8 Å². The van der Waals surface area contributed by atoms with E-state index in [1.165, 1.54) is 0 Å². The average Bonchev–Trinajstić information content (AvgIpc) is 2.75. The van der Waals surface area contributed by atoms with Crippen molar-refractivity contribution in [2.45, 2.75) is 46.1 Å². The number of carbonyl (C=O) groups is 1. The van der Waals surface area contributed by atoms with E-state index in [0.717, 1.165) is 30.8 Å². The number of nitrogens with zero attached hydrogens (tertiary/aromatic N) is 1. The van der Waals surface area contributed by atoms with Crippen LogP contribution in [0.2, 0.25) is 0 Å². The first kappa shape index (κ1) is 13.9. The lowest BCUT2D eigenvalue weighted by molar-refractivity contribution is -0.117. The van der Waals surface area contributed by atoms with Crippen LogP contribution in [0, 0.1) is 5.92 Å². The Morgan fingerprint density at radius 2 is 2.00 bits per heavy atom. The number of rotatable bonds is 5. The van der Waals surface area contributed by atoms with Crippen LogP contribution in [0.15, 0.2) is 24.3 Å². The van der Waals surface area contributed by atoms with Gasteiger partial charge in [-0.15, -0.1) is 0 Å². The molecule has 1 amide bonds. The van der Waals surface area contributed by atoms with Gasteiger partial charge in [0.2, 0.25) is 5.91 Å². The van der Waals surface area contributed by atoms with Gasteiger partial charge in [0.15, 0.2) is 0 Å². The van der Waals surface area contributed by atoms with Gasteiger partial charge in [-0.2, -0.15) is 0 Å². The van der Waals surface area contributed by atoms with Gasteiger partial charge < -0.3 is 10.2 Å². The largest absolute Gasteiger partial charge is 0.381 e. The van der Waals surface area contributed by atoms with Crippen LogP contribution in [0.25, 0.3) is 0 Å². The summed E-state index contributed by atoms with van der Waals surface area (Å²) in [5.74, 6) is 0.911. The molecule has 0 saturated carbocycles. The minimum absolute atomic E-state index is 0.241. The Morgan fingerprint density at radius 3 is 2.63 bits per heavy atom. The van der Waals surface area contributed by atoms with Crippen molar-refractivity contribution in [3.8, 4) is 0 Å². The fraction of sp³-hybridized carbons (Fsp3) is 0.562. The van der Waals surface area contributed by atoms with E-state index < -0.39 is 0 Å². The van der Waals surface area contributed by atoms with Crippen LogP contribution in [0.5, 0.6) is 0 Å². The molecule has 0 spiro atoms. The lowest BCUT2D eigenvalue weighted by atomic mass is 10.0. The molecular weight excluding hydrogens is 236 g/mol. The molecule has 1 N–H and O–H groups in total. The van der Waals surface area contributed by atoms with Crippen molar-refractivity contribution in [2.24, 2.45) is 5.92 Å². The zero-order valence-electron chi connectivity index (χ0n) is 12.1. The number of carbonyl (C=O) groups excluding carboxylic acids is 1. The topological polar surface area (TPSA) is 32.3 Å². The average molecular weight is 260 g/mol. The maximum absolute atomic E-state index is 11.9. The third-order valence-corrected chi connectivity index (χ3v) is 3.50. The van der Waals surface area contributed by atoms with Crippen molar-refractivity contribution < 1.29 is 4.79 Å². The first-order valence-electron chi connectivity index (χ1n) is 7.24. The molecule has 0 bridgehead atoms. The third-order valence-electron chi connectivity index (χ3n) is 3.50. The van der Waals surface area contributed by atoms with Crippen LogP contribution in [0.1, 0.15) is 40.0 Å². The predicted molar refractivity (Wildman–Crippen MR) is 80.6 cm³/mol. The fourth-order valence-electron chi connectivity index (χ4n) is 2.77. The monoisotopic (exact) mass is 260 g/mol. The molecule has 1 fully saturated rings. The second-order valence-corrected chi connectivity index (χ2v) is 5.84. The number of anilines is 2. The van der Waals surface area contributed by atoms with Gasteiger partial charge in [-0.25, -0.2) is 0 Å². The number of nitrogens with one attached hydrogen (secondary N) is 1. The maximum atomic E-state index is 11.9. The highest BCUT2D eigenvalue weighted by atomic mass is 16.2. The van der Waals surface area contributed by atoms with E-state index in [2.05, 4.69) is 32.2 Å². The molecule has 1 aromatic rings. The highest BCUT2D eigenvalue weighted by molar-refractivity contribution is 5.98. The molecule has 2 rings (SSSR count). The molecule has 3 nitrogen and oxygen atoms in total. The van der Waals surface area contributed by atoms with Gasteiger partial charge in [-0.3, -0.25) is 4.79 Å². The summed E-state index contributed by atoms with van der Waals surface area (Å²) in [6.07, 6.45) is 2.77. The van der Waals surface area contributed by atoms with Gasteiger partial charge in [0.1, 0.15) is 0 Å². The van der Waals surface area contributed by atoms with Crippen LogP contribution in [0.3, 0.4) is 0 Å². The van der Waals surface area contributed by atoms with Crippen molar-refractivity contribution in [2.75, 3.05) is 16.8 Å². The summed E-state index contributed by atoms with van der Waals surface area (Å²) < 4.78 is 0. The first-order valence-corrected chi connectivity index (χ1v) is 7.24. The number of amides is 1. The second kappa shape index (κ2) is 6.09. The van der Waals surface area contributed by atoms with E-state index in [0.29, 0.717) is 18.4 Å². The van der Waals surface area contributed by atoms with Crippen LogP contribution >= 0.6 is 0 Å². The summed E-state index contributed by atoms with van der Waals surface area (Å²) in [7, 11) is 0. The van der Waals surface area contributed by atoms with Gasteiger partial charge in [-0.1, -0.05) is 26.0 Å². The summed E-state index contributed by atoms with van der Waals surface area (Å²) in [6, 6.07) is 8.54. The van der Waals surface area contributed by atoms with Crippen LogP contribution < -0.4 is 10.2 Å². The fourth-order valence-corrected chi connectivity index (χ4v) is 2.77. The summed E-state index contributed by atoms with van der Waals surface area (Å²) in [5, 5.41) is 3.55. The summed E-state index contributed by atoms with van der Waals surface area (Å²) in [4.78, 5) is 13.8. The van der Waals surface area contributed by atoms with E-state index in [-0.39, 0.29) is 5.91 Å². The van der Waals surface area contributed by atoms with E-state index in [4.69, 9.17) is 0 Å². The Balaban J connectivity index is 2.14. The zero-order chi connectivity index (χ0) is 13.8. The predicted octanol–water partition coefficient (Wildman–Crippen LogP) is 3.66. The SMILES string of the molecule is CC(C)CC(C)Nc1ccccc1N1CCCC1=O. The van der Waals surface area contributed by atoms with Crippen LogP contribution in [-0.2, 0) is 4.79 Å². The highest BCUT2D eigenvalue weighted by Crippen LogP contribution is 2.30. The van der Waals surface area contributed by atoms with Gasteiger partial charge in [0, 0.05) is 19.0 Å². The molecule has 104 valence electrons. The molecule has 19 heavy (non-hydrogen) atoms. The minimum atomic E-state index is 0.241. The normalized spacial score (nSPS) is 17.1. The second-order valence-electron chi connectivity index (χ2n) is 5.84. The summed E-state index contributed by atoms with van der Waals surface area (Å²) in [6.45, 7) is 7.50. The number of hydrogen-bond acceptors (Lipinski definition) is 2. The molecule has 3 heteroatoms. The lowest BCUT2D eigenvalue weighted by Gasteiger charge is -2.24. The van der Waals surface area contributed by atoms with Crippen molar-refractivity contribution in [3.63, 3.8) is 0 Å². The number of benzene rings is 1. The first-order chi connectivity index (χ1) is 9.08. The van der Waals surface area contributed by atoms with Crippen molar-refractivity contribution in [1.29, 1.82) is 0 Å². The molecule has 1 aliphatic rings. The Kier molecular flexibility index (Phi) is 4.46. The van der Waals surface area contributed by atoms with Crippen LogP contribution in [-0.4, -0.2) is 18.5 Å². The van der Waals surface area contributed by atoms with Gasteiger partial charge in [0.05, 0.1) is 11.4 Å². The van der Waals surface area contributed by atoms with Crippen LogP contribution in [0.4, 0.5) is 11.4 Å². The smallest absolute Gasteiger partial charge is 0.227 e. The molecule has 1 aliphatic heterocycles. The number of hydrogen-bond donors (Lipinski definition) is 1. The molecule has 1 heterocycles. The standard InChI is InChI=1S/C16H24N2O/c1-12(2)11-13(3)17-14-7-4-5-8-15(14)18-10-6-9-16(18)19/h4-5,7-8,12-13,17H,6,9-11H2,1-3H3. The summed E-state index contributed by atoms with van der Waals surface area (Å²) in [5.41, 5.74) is 2.10. The lowest BCUT2D eigenvalue weighted by Crippen LogP contribution is -2.26. The van der Waals surface area contributed by atoms with Gasteiger partial charge >= 0.3 is 0 Å². The van der Waals surface area contributed by atoms with Crippen molar-refractivity contribution in [3.05, 3.63) is 24.3 Å². The quantitative estimate of drug-likeness (QED) is 0.876. The molecule has 1 atom stereocenters. The molecule has 0 aromatic heterocycles. The van der Waals surface area contributed by atoms with E-state index in [9.17, 15) is 4.79 Å². The maximum Gasteiger partial charge on any atom is 0.227 e. The Bertz CT molecular complexity index is 442. The number of para-hydroxylation sites is 2. The van der Waals surface area contributed by atoms with Crippen molar-refractivity contribution in [1.82, 2.24) is 0 Å². The minimum Gasteiger partial charge on any atom is -0.381 e. The molecular formula is C16H24N2O. The van der Waals surface area contributed by atoms with Crippen molar-refractivity contribution >= 4 is 17.3 Å². The zero-order valence-corrected chi connectivity index (χ0v) is 12.1.